The molecule has 0 aliphatic heterocycles. The highest BCUT2D eigenvalue weighted by molar-refractivity contribution is 5.36. The highest BCUT2D eigenvalue weighted by Crippen LogP contribution is 2.49. The number of hydrogen-bond acceptors (Lipinski definition) is 3. The number of rotatable bonds is 5. The number of benzene rings is 1. The SMILES string of the molecule is CCC1CCCC(CN)(C(O)c2ccccc2OC)C1. The van der Waals surface area contributed by atoms with Crippen LogP contribution in [0.1, 0.15) is 50.7 Å². The Hall–Kier alpha value is -1.06. The van der Waals surface area contributed by atoms with E-state index in [2.05, 4.69) is 6.92 Å². The summed E-state index contributed by atoms with van der Waals surface area (Å²) in [7, 11) is 1.65. The molecule has 0 saturated heterocycles. The van der Waals surface area contributed by atoms with Crippen LogP contribution in [-0.2, 0) is 0 Å². The zero-order chi connectivity index (χ0) is 14.6. The van der Waals surface area contributed by atoms with E-state index in [4.69, 9.17) is 10.5 Å². The standard InChI is InChI=1S/C17H27NO2/c1-3-13-7-6-10-17(11-13,12-18)16(19)14-8-4-5-9-15(14)20-2/h4-5,8-9,13,16,19H,3,6-7,10-12,18H2,1-2H3. The molecule has 1 aromatic rings. The van der Waals surface area contributed by atoms with Gasteiger partial charge in [-0.25, -0.2) is 0 Å². The lowest BCUT2D eigenvalue weighted by Gasteiger charge is -2.43. The smallest absolute Gasteiger partial charge is 0.124 e. The molecule has 0 amide bonds. The van der Waals surface area contributed by atoms with Gasteiger partial charge < -0.3 is 15.6 Å². The molecule has 3 nitrogen and oxygen atoms in total. The van der Waals surface area contributed by atoms with Crippen LogP contribution in [0.5, 0.6) is 5.75 Å². The van der Waals surface area contributed by atoms with Gasteiger partial charge in [-0.1, -0.05) is 44.4 Å². The second-order valence-corrected chi connectivity index (χ2v) is 6.08. The first-order chi connectivity index (χ1) is 9.66. The topological polar surface area (TPSA) is 55.5 Å². The van der Waals surface area contributed by atoms with Crippen LogP contribution in [0, 0.1) is 11.3 Å². The summed E-state index contributed by atoms with van der Waals surface area (Å²) < 4.78 is 5.40. The molecular formula is C17H27NO2. The molecule has 1 saturated carbocycles. The molecule has 3 heteroatoms. The van der Waals surface area contributed by atoms with Crippen molar-refractivity contribution in [1.29, 1.82) is 0 Å². The van der Waals surface area contributed by atoms with Crippen molar-refractivity contribution in [3.05, 3.63) is 29.8 Å². The number of aliphatic hydroxyl groups is 1. The lowest BCUT2D eigenvalue weighted by atomic mass is 9.64. The first-order valence-corrected chi connectivity index (χ1v) is 7.68. The van der Waals surface area contributed by atoms with E-state index < -0.39 is 6.10 Å². The van der Waals surface area contributed by atoms with Gasteiger partial charge in [-0.3, -0.25) is 0 Å². The molecule has 2 rings (SSSR count). The predicted octanol–water partition coefficient (Wildman–Crippen LogP) is 3.27. The predicted molar refractivity (Wildman–Crippen MR) is 81.7 cm³/mol. The van der Waals surface area contributed by atoms with Gasteiger partial charge in [0.05, 0.1) is 13.2 Å². The van der Waals surface area contributed by atoms with Gasteiger partial charge in [0.15, 0.2) is 0 Å². The highest BCUT2D eigenvalue weighted by atomic mass is 16.5. The van der Waals surface area contributed by atoms with Crippen LogP contribution in [0.4, 0.5) is 0 Å². The molecule has 3 atom stereocenters. The normalized spacial score (nSPS) is 28.1. The van der Waals surface area contributed by atoms with Crippen molar-refractivity contribution in [2.45, 2.75) is 45.1 Å². The van der Waals surface area contributed by atoms with Crippen molar-refractivity contribution >= 4 is 0 Å². The van der Waals surface area contributed by atoms with Crippen molar-refractivity contribution in [3.8, 4) is 5.75 Å². The van der Waals surface area contributed by atoms with Gasteiger partial charge in [0.2, 0.25) is 0 Å². The van der Waals surface area contributed by atoms with Crippen LogP contribution in [0.25, 0.3) is 0 Å². The number of aliphatic hydroxyl groups excluding tert-OH is 1. The molecule has 3 N–H and O–H groups in total. The fourth-order valence-electron chi connectivity index (χ4n) is 3.64. The van der Waals surface area contributed by atoms with Crippen molar-refractivity contribution in [1.82, 2.24) is 0 Å². The summed E-state index contributed by atoms with van der Waals surface area (Å²) in [4.78, 5) is 0. The third-order valence-corrected chi connectivity index (χ3v) is 4.98. The van der Waals surface area contributed by atoms with Crippen LogP contribution in [0.15, 0.2) is 24.3 Å². The van der Waals surface area contributed by atoms with E-state index in [9.17, 15) is 5.11 Å². The molecular weight excluding hydrogens is 250 g/mol. The molecule has 0 bridgehead atoms. The van der Waals surface area contributed by atoms with Gasteiger partial charge in [-0.05, 0) is 24.8 Å². The first-order valence-electron chi connectivity index (χ1n) is 7.68. The van der Waals surface area contributed by atoms with Crippen molar-refractivity contribution in [3.63, 3.8) is 0 Å². The summed E-state index contributed by atoms with van der Waals surface area (Å²) in [6, 6.07) is 7.74. The van der Waals surface area contributed by atoms with Crippen molar-refractivity contribution in [2.24, 2.45) is 17.1 Å². The Balaban J connectivity index is 2.30. The third kappa shape index (κ3) is 2.84. The second-order valence-electron chi connectivity index (χ2n) is 6.08. The average molecular weight is 277 g/mol. The molecule has 3 unspecified atom stereocenters. The fraction of sp³-hybridized carbons (Fsp3) is 0.647. The van der Waals surface area contributed by atoms with Gasteiger partial charge in [-0.15, -0.1) is 0 Å². The van der Waals surface area contributed by atoms with E-state index in [1.807, 2.05) is 24.3 Å². The Morgan fingerprint density at radius 3 is 2.85 bits per heavy atom. The quantitative estimate of drug-likeness (QED) is 0.868. The molecule has 0 heterocycles. The van der Waals surface area contributed by atoms with E-state index in [0.29, 0.717) is 12.5 Å². The van der Waals surface area contributed by atoms with Gasteiger partial charge in [0.25, 0.3) is 0 Å². The molecule has 112 valence electrons. The Morgan fingerprint density at radius 1 is 1.45 bits per heavy atom. The molecule has 1 aliphatic carbocycles. The van der Waals surface area contributed by atoms with Gasteiger partial charge in [0.1, 0.15) is 5.75 Å². The molecule has 1 fully saturated rings. The highest BCUT2D eigenvalue weighted by Gasteiger charge is 2.42. The number of nitrogens with two attached hydrogens (primary N) is 1. The van der Waals surface area contributed by atoms with E-state index in [0.717, 1.165) is 30.6 Å². The molecule has 0 spiro atoms. The molecule has 1 aromatic carbocycles. The van der Waals surface area contributed by atoms with E-state index >= 15 is 0 Å². The van der Waals surface area contributed by atoms with Gasteiger partial charge >= 0.3 is 0 Å². The Morgan fingerprint density at radius 2 is 2.20 bits per heavy atom. The fourth-order valence-corrected chi connectivity index (χ4v) is 3.64. The van der Waals surface area contributed by atoms with Crippen molar-refractivity contribution in [2.75, 3.05) is 13.7 Å². The monoisotopic (exact) mass is 277 g/mol. The summed E-state index contributed by atoms with van der Waals surface area (Å²) in [5, 5.41) is 11.0. The first kappa shape index (κ1) is 15.3. The minimum atomic E-state index is -0.544. The zero-order valence-corrected chi connectivity index (χ0v) is 12.6. The summed E-state index contributed by atoms with van der Waals surface area (Å²) in [5.74, 6) is 1.43. The largest absolute Gasteiger partial charge is 0.496 e. The number of para-hydroxylation sites is 1. The van der Waals surface area contributed by atoms with Gasteiger partial charge in [-0.2, -0.15) is 0 Å². The molecule has 20 heavy (non-hydrogen) atoms. The number of ether oxygens (including phenoxy) is 1. The van der Waals surface area contributed by atoms with Crippen LogP contribution in [-0.4, -0.2) is 18.8 Å². The lowest BCUT2D eigenvalue weighted by Crippen LogP contribution is -2.41. The number of hydrogen-bond donors (Lipinski definition) is 2. The van der Waals surface area contributed by atoms with Crippen LogP contribution in [0.2, 0.25) is 0 Å². The second kappa shape index (κ2) is 6.59. The van der Waals surface area contributed by atoms with Gasteiger partial charge in [0, 0.05) is 17.5 Å². The third-order valence-electron chi connectivity index (χ3n) is 4.98. The summed E-state index contributed by atoms with van der Waals surface area (Å²) in [6.45, 7) is 2.76. The average Bonchev–Trinajstić information content (AvgIpc) is 2.53. The lowest BCUT2D eigenvalue weighted by molar-refractivity contribution is -0.0174. The maximum absolute atomic E-state index is 11.0. The maximum Gasteiger partial charge on any atom is 0.124 e. The van der Waals surface area contributed by atoms with Crippen molar-refractivity contribution < 1.29 is 9.84 Å². The molecule has 1 aliphatic rings. The maximum atomic E-state index is 11.0. The van der Waals surface area contributed by atoms with E-state index in [1.54, 1.807) is 7.11 Å². The molecule has 0 aromatic heterocycles. The summed E-state index contributed by atoms with van der Waals surface area (Å²) in [5.41, 5.74) is 6.76. The number of methoxy groups -OCH3 is 1. The van der Waals surface area contributed by atoms with Crippen LogP contribution >= 0.6 is 0 Å². The van der Waals surface area contributed by atoms with E-state index in [-0.39, 0.29) is 5.41 Å². The van der Waals surface area contributed by atoms with E-state index in [1.165, 1.54) is 12.8 Å². The summed E-state index contributed by atoms with van der Waals surface area (Å²) >= 11 is 0. The Labute approximate surface area is 122 Å². The van der Waals surface area contributed by atoms with Crippen LogP contribution in [0.3, 0.4) is 0 Å². The summed E-state index contributed by atoms with van der Waals surface area (Å²) in [6.07, 6.45) is 5.05. The molecule has 0 radical (unpaired) electrons. The van der Waals surface area contributed by atoms with Crippen LogP contribution < -0.4 is 10.5 Å². The minimum absolute atomic E-state index is 0.201. The zero-order valence-electron chi connectivity index (χ0n) is 12.6. The Kier molecular flexibility index (Phi) is 5.06. The minimum Gasteiger partial charge on any atom is -0.496 e. The Bertz CT molecular complexity index is 435.